The molecule has 29 heavy (non-hydrogen) atoms. The van der Waals surface area contributed by atoms with Gasteiger partial charge in [0.25, 0.3) is 0 Å². The second-order valence-corrected chi connectivity index (χ2v) is 8.03. The minimum atomic E-state index is -4.48. The summed E-state index contributed by atoms with van der Waals surface area (Å²) in [6.07, 6.45) is -0.822. The number of allylic oxidation sites excluding steroid dienone is 1. The number of hydrogen-bond donors (Lipinski definition) is 2. The fourth-order valence-electron chi connectivity index (χ4n) is 2.67. The van der Waals surface area contributed by atoms with E-state index in [4.69, 9.17) is 5.41 Å². The third-order valence-electron chi connectivity index (χ3n) is 3.91. The van der Waals surface area contributed by atoms with Gasteiger partial charge in [-0.1, -0.05) is 30.9 Å². The molecule has 0 amide bonds. The van der Waals surface area contributed by atoms with Crippen molar-refractivity contribution in [2.75, 3.05) is 11.0 Å². The average molecular weight is 423 g/mol. The van der Waals surface area contributed by atoms with Gasteiger partial charge in [0.05, 0.1) is 17.5 Å². The third kappa shape index (κ3) is 6.49. The summed E-state index contributed by atoms with van der Waals surface area (Å²) >= 11 is 0. The topological polar surface area (TPSA) is 93.1 Å². The third-order valence-corrected chi connectivity index (χ3v) is 4.50. The van der Waals surface area contributed by atoms with Crippen molar-refractivity contribution < 1.29 is 26.7 Å². The van der Waals surface area contributed by atoms with Crippen molar-refractivity contribution in [3.8, 4) is 0 Å². The van der Waals surface area contributed by atoms with E-state index < -0.39 is 27.7 Å². The molecule has 0 fully saturated rings. The zero-order chi connectivity index (χ0) is 21.8. The molecule has 0 aliphatic heterocycles. The van der Waals surface area contributed by atoms with Crippen LogP contribution in [0.3, 0.4) is 0 Å². The van der Waals surface area contributed by atoms with E-state index in [1.165, 1.54) is 24.3 Å². The number of hydrogen-bond acceptors (Lipinski definition) is 4. The van der Waals surface area contributed by atoms with Gasteiger partial charge in [0.2, 0.25) is 10.0 Å². The molecule has 0 aliphatic rings. The van der Waals surface area contributed by atoms with Crippen LogP contribution in [0.15, 0.2) is 55.1 Å². The molecule has 0 saturated carbocycles. The first-order valence-electron chi connectivity index (χ1n) is 8.26. The van der Waals surface area contributed by atoms with E-state index in [9.17, 15) is 26.7 Å². The van der Waals surface area contributed by atoms with Crippen molar-refractivity contribution >= 4 is 33.3 Å². The Balaban J connectivity index is 2.39. The van der Waals surface area contributed by atoms with Crippen LogP contribution in [-0.2, 0) is 22.6 Å². The molecule has 5 nitrogen and oxygen atoms in total. The van der Waals surface area contributed by atoms with Crippen LogP contribution >= 0.6 is 0 Å². The van der Waals surface area contributed by atoms with Crippen LogP contribution in [0.2, 0.25) is 0 Å². The highest BCUT2D eigenvalue weighted by Gasteiger charge is 2.30. The smallest absolute Gasteiger partial charge is 0.416 e. The van der Waals surface area contributed by atoms with Crippen LogP contribution in [0.5, 0.6) is 0 Å². The van der Waals surface area contributed by atoms with Gasteiger partial charge in [-0.15, -0.1) is 0 Å². The van der Waals surface area contributed by atoms with Gasteiger partial charge in [-0.2, -0.15) is 13.2 Å². The van der Waals surface area contributed by atoms with Crippen LogP contribution in [0.1, 0.15) is 22.3 Å². The summed E-state index contributed by atoms with van der Waals surface area (Å²) in [4.78, 5) is 0. The normalized spacial score (nSPS) is 12.5. The van der Waals surface area contributed by atoms with Crippen LogP contribution in [0.25, 0.3) is 11.6 Å². The van der Waals surface area contributed by atoms with E-state index in [1.54, 1.807) is 12.1 Å². The predicted octanol–water partition coefficient (Wildman–Crippen LogP) is 3.68. The second kappa shape index (κ2) is 8.52. The quantitative estimate of drug-likeness (QED) is 0.526. The van der Waals surface area contributed by atoms with Crippen molar-refractivity contribution in [3.63, 3.8) is 0 Å². The van der Waals surface area contributed by atoms with Gasteiger partial charge in [-0.3, -0.25) is 4.72 Å². The molecular weight excluding hydrogens is 405 g/mol. The number of sulfonamides is 1. The maximum Gasteiger partial charge on any atom is 0.416 e. The van der Waals surface area contributed by atoms with E-state index in [0.29, 0.717) is 28.0 Å². The van der Waals surface area contributed by atoms with Gasteiger partial charge >= 0.3 is 6.18 Å². The zero-order valence-electron chi connectivity index (χ0n) is 15.4. The molecule has 0 aliphatic carbocycles. The van der Waals surface area contributed by atoms with Crippen molar-refractivity contribution in [2.24, 2.45) is 0 Å². The molecular formula is C20H18F3N2O3S-. The summed E-state index contributed by atoms with van der Waals surface area (Å²) < 4.78 is 63.5. The van der Waals surface area contributed by atoms with E-state index in [1.807, 2.05) is 0 Å². The van der Waals surface area contributed by atoms with E-state index in [0.717, 1.165) is 24.5 Å². The molecule has 0 atom stereocenters. The Morgan fingerprint density at radius 2 is 1.83 bits per heavy atom. The molecule has 0 saturated heterocycles. The maximum absolute atomic E-state index is 12.8. The van der Waals surface area contributed by atoms with Gasteiger partial charge < -0.3 is 10.5 Å². The highest BCUT2D eigenvalue weighted by molar-refractivity contribution is 7.92. The first-order chi connectivity index (χ1) is 13.4. The Morgan fingerprint density at radius 3 is 2.31 bits per heavy atom. The lowest BCUT2D eigenvalue weighted by atomic mass is 9.95. The maximum atomic E-state index is 12.8. The Kier molecular flexibility index (Phi) is 6.53. The molecule has 2 aromatic rings. The van der Waals surface area contributed by atoms with E-state index in [-0.39, 0.29) is 6.42 Å². The monoisotopic (exact) mass is 423 g/mol. The van der Waals surface area contributed by atoms with Crippen LogP contribution in [0.4, 0.5) is 18.9 Å². The fourth-order valence-corrected chi connectivity index (χ4v) is 3.26. The van der Waals surface area contributed by atoms with E-state index in [2.05, 4.69) is 11.3 Å². The predicted molar refractivity (Wildman–Crippen MR) is 106 cm³/mol. The van der Waals surface area contributed by atoms with Crippen molar-refractivity contribution in [3.05, 3.63) is 77.4 Å². The molecule has 2 aromatic carbocycles. The minimum Gasteiger partial charge on any atom is -0.859 e. The summed E-state index contributed by atoms with van der Waals surface area (Å²) in [5, 5.41) is 18.5. The number of halogens is 3. The molecule has 2 rings (SSSR count). The molecule has 0 unspecified atom stereocenters. The van der Waals surface area contributed by atoms with Gasteiger partial charge in [0, 0.05) is 0 Å². The molecule has 0 spiro atoms. The van der Waals surface area contributed by atoms with E-state index >= 15 is 0 Å². The first kappa shape index (κ1) is 22.2. The van der Waals surface area contributed by atoms with Gasteiger partial charge in [-0.05, 0) is 64.9 Å². The molecule has 9 heteroatoms. The Morgan fingerprint density at radius 1 is 1.21 bits per heavy atom. The van der Waals surface area contributed by atoms with Crippen molar-refractivity contribution in [1.82, 2.24) is 0 Å². The largest absolute Gasteiger partial charge is 0.859 e. The lowest BCUT2D eigenvalue weighted by Crippen LogP contribution is -2.13. The number of nitrogens with one attached hydrogen (secondary N) is 2. The second-order valence-electron chi connectivity index (χ2n) is 6.29. The SMILES string of the molecule is C=Cc1cc(CC(=CC(=N)[O-])c2ccc(C(F)(F)F)cc2)ccc1NS(C)(=O)=O. The highest BCUT2D eigenvalue weighted by atomic mass is 32.2. The molecule has 0 bridgehead atoms. The van der Waals surface area contributed by atoms with Gasteiger partial charge in [0.1, 0.15) is 0 Å². The number of benzene rings is 2. The fraction of sp³-hybridized carbons (Fsp3) is 0.150. The lowest BCUT2D eigenvalue weighted by molar-refractivity contribution is -0.213. The summed E-state index contributed by atoms with van der Waals surface area (Å²) in [6.45, 7) is 3.64. The molecule has 2 N–H and O–H groups in total. The summed E-state index contributed by atoms with van der Waals surface area (Å²) in [5.74, 6) is -0.987. The molecule has 0 radical (unpaired) electrons. The number of alkyl halides is 3. The van der Waals surface area contributed by atoms with Crippen molar-refractivity contribution in [2.45, 2.75) is 12.6 Å². The standard InChI is InChI=1S/C20H19F3N2O3S/c1-3-14-10-13(4-9-18(14)25-29(2,27)28)11-16(12-19(24)26)15-5-7-17(8-6-15)20(21,22)23/h3-10,12,25H,1,11H2,2H3,(H2,24,26)/p-1. The Hall–Kier alpha value is -3.07. The summed E-state index contributed by atoms with van der Waals surface area (Å²) in [5.41, 5.74) is 1.39. The van der Waals surface area contributed by atoms with Gasteiger partial charge in [-0.25, -0.2) is 8.42 Å². The Bertz CT molecular complexity index is 1060. The molecule has 154 valence electrons. The van der Waals surface area contributed by atoms with Gasteiger partial charge in [0.15, 0.2) is 0 Å². The zero-order valence-corrected chi connectivity index (χ0v) is 16.2. The first-order valence-corrected chi connectivity index (χ1v) is 10.1. The molecule has 0 heterocycles. The Labute approximate surface area is 166 Å². The van der Waals surface area contributed by atoms with Crippen LogP contribution in [-0.4, -0.2) is 20.6 Å². The minimum absolute atomic E-state index is 0.149. The molecule has 0 aromatic heterocycles. The average Bonchev–Trinajstić information content (AvgIpc) is 2.60. The lowest BCUT2D eigenvalue weighted by Gasteiger charge is -2.14. The number of anilines is 1. The highest BCUT2D eigenvalue weighted by Crippen LogP contribution is 2.31. The van der Waals surface area contributed by atoms with Crippen molar-refractivity contribution in [1.29, 1.82) is 5.41 Å². The number of rotatable bonds is 7. The van der Waals surface area contributed by atoms with Crippen LogP contribution < -0.4 is 9.83 Å². The summed E-state index contributed by atoms with van der Waals surface area (Å²) in [6, 6.07) is 9.09. The van der Waals surface area contributed by atoms with Crippen LogP contribution in [0, 0.1) is 5.41 Å². The summed E-state index contributed by atoms with van der Waals surface area (Å²) in [7, 11) is -3.49.